The number of rotatable bonds is 1. The summed E-state index contributed by atoms with van der Waals surface area (Å²) in [7, 11) is 0. The Labute approximate surface area is 71.6 Å². The standard InChI is InChI=1S/C7H10N2O.ClH/c1-3-8-5-6(1)7-2-4-9-10-7;/h2,4,6,8H,1,3,5H2;1H. The van der Waals surface area contributed by atoms with E-state index >= 15 is 0 Å². The van der Waals surface area contributed by atoms with Crippen molar-refractivity contribution in [3.63, 3.8) is 0 Å². The molecule has 0 spiro atoms. The molecule has 1 aromatic heterocycles. The normalized spacial score (nSPS) is 23.1. The van der Waals surface area contributed by atoms with E-state index in [1.54, 1.807) is 6.20 Å². The zero-order valence-corrected chi connectivity index (χ0v) is 6.93. The van der Waals surface area contributed by atoms with Gasteiger partial charge in [0.25, 0.3) is 0 Å². The first-order valence-corrected chi connectivity index (χ1v) is 3.58. The first-order chi connectivity index (χ1) is 4.97. The molecule has 2 heterocycles. The highest BCUT2D eigenvalue weighted by Crippen LogP contribution is 2.20. The van der Waals surface area contributed by atoms with Gasteiger partial charge in [-0.15, -0.1) is 12.4 Å². The van der Waals surface area contributed by atoms with Crippen molar-refractivity contribution in [3.8, 4) is 0 Å². The van der Waals surface area contributed by atoms with Gasteiger partial charge in [-0.2, -0.15) is 0 Å². The zero-order chi connectivity index (χ0) is 6.81. The Bertz CT molecular complexity index is 194. The van der Waals surface area contributed by atoms with Crippen molar-refractivity contribution in [2.75, 3.05) is 13.1 Å². The Morgan fingerprint density at radius 2 is 2.55 bits per heavy atom. The van der Waals surface area contributed by atoms with Crippen LogP contribution in [-0.2, 0) is 0 Å². The van der Waals surface area contributed by atoms with Crippen molar-refractivity contribution in [3.05, 3.63) is 18.0 Å². The molecule has 1 atom stereocenters. The fourth-order valence-electron chi connectivity index (χ4n) is 1.33. The molecular formula is C7H11ClN2O. The fourth-order valence-corrected chi connectivity index (χ4v) is 1.33. The van der Waals surface area contributed by atoms with Gasteiger partial charge in [0.05, 0.1) is 6.20 Å². The van der Waals surface area contributed by atoms with Crippen molar-refractivity contribution in [2.24, 2.45) is 0 Å². The average molecular weight is 175 g/mol. The molecule has 0 amide bonds. The van der Waals surface area contributed by atoms with E-state index in [-0.39, 0.29) is 12.4 Å². The minimum atomic E-state index is 0. The first kappa shape index (κ1) is 8.56. The lowest BCUT2D eigenvalue weighted by Crippen LogP contribution is -2.07. The maximum atomic E-state index is 5.03. The molecular weight excluding hydrogens is 164 g/mol. The summed E-state index contributed by atoms with van der Waals surface area (Å²) in [6, 6.07) is 1.94. The van der Waals surface area contributed by atoms with Crippen molar-refractivity contribution in [1.29, 1.82) is 0 Å². The van der Waals surface area contributed by atoms with Crippen LogP contribution in [0.2, 0.25) is 0 Å². The number of hydrogen-bond donors (Lipinski definition) is 1. The minimum Gasteiger partial charge on any atom is -0.361 e. The van der Waals surface area contributed by atoms with E-state index < -0.39 is 0 Å². The van der Waals surface area contributed by atoms with Crippen LogP contribution in [0.15, 0.2) is 16.8 Å². The van der Waals surface area contributed by atoms with E-state index in [1.165, 1.54) is 6.42 Å². The maximum Gasteiger partial charge on any atom is 0.141 e. The van der Waals surface area contributed by atoms with E-state index in [9.17, 15) is 0 Å². The third-order valence-electron chi connectivity index (χ3n) is 1.92. The van der Waals surface area contributed by atoms with Gasteiger partial charge in [0.1, 0.15) is 5.76 Å². The molecule has 1 aliphatic heterocycles. The molecule has 4 heteroatoms. The molecule has 1 fully saturated rings. The largest absolute Gasteiger partial charge is 0.361 e. The maximum absolute atomic E-state index is 5.03. The summed E-state index contributed by atoms with van der Waals surface area (Å²) in [6.45, 7) is 2.14. The van der Waals surface area contributed by atoms with Crippen LogP contribution in [-0.4, -0.2) is 18.2 Å². The van der Waals surface area contributed by atoms with E-state index in [0.717, 1.165) is 18.8 Å². The molecule has 1 aromatic rings. The van der Waals surface area contributed by atoms with Gasteiger partial charge in [0.15, 0.2) is 0 Å². The summed E-state index contributed by atoms with van der Waals surface area (Å²) in [5, 5.41) is 6.94. The zero-order valence-electron chi connectivity index (χ0n) is 6.12. The van der Waals surface area contributed by atoms with Crippen LogP contribution in [0.5, 0.6) is 0 Å². The smallest absolute Gasteiger partial charge is 0.141 e. The van der Waals surface area contributed by atoms with Gasteiger partial charge in [-0.1, -0.05) is 5.16 Å². The number of nitrogens with one attached hydrogen (secondary N) is 1. The summed E-state index contributed by atoms with van der Waals surface area (Å²) in [5.74, 6) is 1.58. The lowest BCUT2D eigenvalue weighted by molar-refractivity contribution is 0.365. The molecule has 1 saturated heterocycles. The summed E-state index contributed by atoms with van der Waals surface area (Å²) < 4.78 is 5.03. The number of hydrogen-bond acceptors (Lipinski definition) is 3. The van der Waals surface area contributed by atoms with E-state index in [2.05, 4.69) is 10.5 Å². The minimum absolute atomic E-state index is 0. The van der Waals surface area contributed by atoms with Crippen LogP contribution in [0.25, 0.3) is 0 Å². The molecule has 2 rings (SSSR count). The lowest BCUT2D eigenvalue weighted by Gasteiger charge is -1.99. The van der Waals surface area contributed by atoms with E-state index in [4.69, 9.17) is 4.52 Å². The van der Waals surface area contributed by atoms with Crippen LogP contribution in [0.4, 0.5) is 0 Å². The SMILES string of the molecule is Cl.c1cc(C2CCNC2)on1. The van der Waals surface area contributed by atoms with Crippen LogP contribution < -0.4 is 5.32 Å². The molecule has 1 N–H and O–H groups in total. The van der Waals surface area contributed by atoms with Gasteiger partial charge in [0, 0.05) is 18.5 Å². The Balaban J connectivity index is 0.000000605. The highest BCUT2D eigenvalue weighted by molar-refractivity contribution is 5.85. The molecule has 0 aromatic carbocycles. The van der Waals surface area contributed by atoms with Crippen molar-refractivity contribution < 1.29 is 4.52 Å². The van der Waals surface area contributed by atoms with Crippen LogP contribution in [0, 0.1) is 0 Å². The molecule has 62 valence electrons. The molecule has 1 unspecified atom stereocenters. The Hall–Kier alpha value is -0.540. The number of halogens is 1. The number of aromatic nitrogens is 1. The third kappa shape index (κ3) is 1.73. The summed E-state index contributed by atoms with van der Waals surface area (Å²) in [6.07, 6.45) is 2.88. The van der Waals surface area contributed by atoms with E-state index in [1.807, 2.05) is 6.07 Å². The Kier molecular flexibility index (Phi) is 2.91. The lowest BCUT2D eigenvalue weighted by atomic mass is 10.1. The average Bonchev–Trinajstić information content (AvgIpc) is 2.59. The molecule has 0 saturated carbocycles. The third-order valence-corrected chi connectivity index (χ3v) is 1.92. The van der Waals surface area contributed by atoms with Gasteiger partial charge in [-0.05, 0) is 13.0 Å². The Morgan fingerprint density at radius 1 is 1.64 bits per heavy atom. The van der Waals surface area contributed by atoms with Gasteiger partial charge < -0.3 is 9.84 Å². The van der Waals surface area contributed by atoms with Gasteiger partial charge in [0.2, 0.25) is 0 Å². The van der Waals surface area contributed by atoms with Crippen molar-refractivity contribution >= 4 is 12.4 Å². The predicted molar refractivity (Wildman–Crippen MR) is 44.0 cm³/mol. The topological polar surface area (TPSA) is 38.1 Å². The molecule has 0 radical (unpaired) electrons. The van der Waals surface area contributed by atoms with Crippen molar-refractivity contribution in [1.82, 2.24) is 10.5 Å². The van der Waals surface area contributed by atoms with Crippen LogP contribution in [0.3, 0.4) is 0 Å². The van der Waals surface area contributed by atoms with Crippen LogP contribution in [0.1, 0.15) is 18.1 Å². The monoisotopic (exact) mass is 174 g/mol. The van der Waals surface area contributed by atoms with Gasteiger partial charge in [-0.3, -0.25) is 0 Å². The quantitative estimate of drug-likeness (QED) is 0.695. The van der Waals surface area contributed by atoms with Crippen LogP contribution >= 0.6 is 12.4 Å². The van der Waals surface area contributed by atoms with Crippen molar-refractivity contribution in [2.45, 2.75) is 12.3 Å². The van der Waals surface area contributed by atoms with E-state index in [0.29, 0.717) is 5.92 Å². The summed E-state index contributed by atoms with van der Waals surface area (Å²) >= 11 is 0. The highest BCUT2D eigenvalue weighted by Gasteiger charge is 2.18. The predicted octanol–water partition coefficient (Wildman–Crippen LogP) is 1.17. The second-order valence-electron chi connectivity index (χ2n) is 2.60. The summed E-state index contributed by atoms with van der Waals surface area (Å²) in [5.41, 5.74) is 0. The molecule has 3 nitrogen and oxygen atoms in total. The molecule has 1 aliphatic rings. The first-order valence-electron chi connectivity index (χ1n) is 3.58. The highest BCUT2D eigenvalue weighted by atomic mass is 35.5. The second-order valence-corrected chi connectivity index (χ2v) is 2.60. The fraction of sp³-hybridized carbons (Fsp3) is 0.571. The number of nitrogens with zero attached hydrogens (tertiary/aromatic N) is 1. The Morgan fingerprint density at radius 3 is 3.09 bits per heavy atom. The van der Waals surface area contributed by atoms with Gasteiger partial charge in [-0.25, -0.2) is 0 Å². The molecule has 0 aliphatic carbocycles. The summed E-state index contributed by atoms with van der Waals surface area (Å²) in [4.78, 5) is 0. The molecule has 0 bridgehead atoms. The molecule has 11 heavy (non-hydrogen) atoms. The second kappa shape index (κ2) is 3.74. The van der Waals surface area contributed by atoms with Gasteiger partial charge >= 0.3 is 0 Å².